The van der Waals surface area contributed by atoms with Gasteiger partial charge in [-0.1, -0.05) is 6.07 Å². The Kier molecular flexibility index (Phi) is 2.89. The first-order valence-corrected chi connectivity index (χ1v) is 6.97. The maximum absolute atomic E-state index is 5.52. The van der Waals surface area contributed by atoms with E-state index in [0.29, 0.717) is 6.04 Å². The van der Waals surface area contributed by atoms with E-state index in [1.54, 1.807) is 6.20 Å². The van der Waals surface area contributed by atoms with E-state index < -0.39 is 0 Å². The fourth-order valence-electron chi connectivity index (χ4n) is 2.51. The van der Waals surface area contributed by atoms with Gasteiger partial charge in [0.15, 0.2) is 11.5 Å². The van der Waals surface area contributed by atoms with Crippen molar-refractivity contribution in [2.24, 2.45) is 0 Å². The van der Waals surface area contributed by atoms with Crippen molar-refractivity contribution in [1.82, 2.24) is 15.3 Å². The summed E-state index contributed by atoms with van der Waals surface area (Å²) in [6.45, 7) is 2.25. The monoisotopic (exact) mass is 284 g/mol. The van der Waals surface area contributed by atoms with E-state index in [-0.39, 0.29) is 6.79 Å². The normalized spacial score (nSPS) is 16.6. The Morgan fingerprint density at radius 3 is 2.81 bits per heavy atom. The lowest BCUT2D eigenvalue weighted by Gasteiger charge is -2.36. The summed E-state index contributed by atoms with van der Waals surface area (Å²) in [6.07, 6.45) is 3.60. The molecule has 1 saturated heterocycles. The number of anilines is 1. The number of likely N-dealkylation sites (N-methyl/N-ethyl adjacent to an activating group) is 1. The Bertz CT molecular complexity index is 655. The summed E-state index contributed by atoms with van der Waals surface area (Å²) in [4.78, 5) is 11.2. The van der Waals surface area contributed by atoms with E-state index in [1.807, 2.05) is 31.4 Å². The Morgan fingerprint density at radius 1 is 1.19 bits per heavy atom. The second-order valence-electron chi connectivity index (χ2n) is 5.22. The molecule has 0 unspecified atom stereocenters. The van der Waals surface area contributed by atoms with Crippen molar-refractivity contribution >= 4 is 5.82 Å². The molecule has 6 heteroatoms. The van der Waals surface area contributed by atoms with Gasteiger partial charge in [0.2, 0.25) is 6.79 Å². The number of benzene rings is 1. The minimum Gasteiger partial charge on any atom is -0.454 e. The predicted molar refractivity (Wildman–Crippen MR) is 78.7 cm³/mol. The maximum Gasteiger partial charge on any atom is 0.231 e. The lowest BCUT2D eigenvalue weighted by Crippen LogP contribution is -2.56. The first-order valence-electron chi connectivity index (χ1n) is 6.97. The van der Waals surface area contributed by atoms with Crippen LogP contribution in [0.25, 0.3) is 11.3 Å². The van der Waals surface area contributed by atoms with Crippen LogP contribution < -0.4 is 19.7 Å². The number of nitrogens with zero attached hydrogens (tertiary/aromatic N) is 3. The van der Waals surface area contributed by atoms with Gasteiger partial charge in [0.25, 0.3) is 0 Å². The van der Waals surface area contributed by atoms with Gasteiger partial charge in [0, 0.05) is 25.7 Å². The van der Waals surface area contributed by atoms with Crippen molar-refractivity contribution < 1.29 is 9.47 Å². The molecule has 0 saturated carbocycles. The van der Waals surface area contributed by atoms with Gasteiger partial charge < -0.3 is 19.7 Å². The summed E-state index contributed by atoms with van der Waals surface area (Å²) in [7, 11) is 2.05. The van der Waals surface area contributed by atoms with Crippen molar-refractivity contribution in [2.45, 2.75) is 6.04 Å². The summed E-state index contributed by atoms with van der Waals surface area (Å²) >= 11 is 0. The molecule has 0 bridgehead atoms. The predicted octanol–water partition coefficient (Wildman–Crippen LogP) is 1.28. The molecule has 0 amide bonds. The molecule has 1 N–H and O–H groups in total. The van der Waals surface area contributed by atoms with E-state index in [1.165, 1.54) is 0 Å². The highest BCUT2D eigenvalue weighted by molar-refractivity contribution is 5.71. The zero-order valence-corrected chi connectivity index (χ0v) is 11.7. The lowest BCUT2D eigenvalue weighted by atomic mass is 10.1. The summed E-state index contributed by atoms with van der Waals surface area (Å²) < 4.78 is 10.9. The first-order chi connectivity index (χ1) is 10.3. The van der Waals surface area contributed by atoms with E-state index in [9.17, 15) is 0 Å². The number of para-hydroxylation sites is 1. The van der Waals surface area contributed by atoms with Crippen molar-refractivity contribution in [1.29, 1.82) is 0 Å². The minimum atomic E-state index is 0.259. The molecule has 3 heterocycles. The quantitative estimate of drug-likeness (QED) is 0.916. The zero-order valence-electron chi connectivity index (χ0n) is 11.7. The van der Waals surface area contributed by atoms with Crippen LogP contribution in [0.3, 0.4) is 0 Å². The molecule has 0 radical (unpaired) electrons. The zero-order chi connectivity index (χ0) is 14.2. The molecule has 1 aromatic heterocycles. The SMILES string of the molecule is CN(c1cnc(-c2cccc3c2OCO3)cn1)C1CNC1. The van der Waals surface area contributed by atoms with Crippen LogP contribution in [0.5, 0.6) is 11.5 Å². The maximum atomic E-state index is 5.52. The topological polar surface area (TPSA) is 59.5 Å². The third-order valence-corrected chi connectivity index (χ3v) is 3.98. The summed E-state index contributed by atoms with van der Waals surface area (Å²) in [5.41, 5.74) is 1.71. The molecule has 2 aliphatic rings. The van der Waals surface area contributed by atoms with E-state index in [0.717, 1.165) is 41.7 Å². The van der Waals surface area contributed by atoms with Crippen LogP contribution in [-0.2, 0) is 0 Å². The molecule has 4 rings (SSSR count). The Hall–Kier alpha value is -2.34. The van der Waals surface area contributed by atoms with Gasteiger partial charge in [-0.05, 0) is 12.1 Å². The first kappa shape index (κ1) is 12.4. The molecule has 0 aliphatic carbocycles. The molecular formula is C15H16N4O2. The van der Waals surface area contributed by atoms with Gasteiger partial charge >= 0.3 is 0 Å². The molecule has 6 nitrogen and oxygen atoms in total. The van der Waals surface area contributed by atoms with Crippen LogP contribution in [0, 0.1) is 0 Å². The highest BCUT2D eigenvalue weighted by Gasteiger charge is 2.23. The van der Waals surface area contributed by atoms with Crippen molar-refractivity contribution in [3.63, 3.8) is 0 Å². The van der Waals surface area contributed by atoms with Gasteiger partial charge in [0.1, 0.15) is 5.82 Å². The van der Waals surface area contributed by atoms with Crippen LogP contribution in [0.2, 0.25) is 0 Å². The van der Waals surface area contributed by atoms with Crippen LogP contribution in [0.1, 0.15) is 0 Å². The van der Waals surface area contributed by atoms with E-state index in [2.05, 4.69) is 20.2 Å². The molecule has 108 valence electrons. The number of ether oxygens (including phenoxy) is 2. The van der Waals surface area contributed by atoms with Crippen molar-refractivity contribution in [3.8, 4) is 22.8 Å². The molecule has 0 atom stereocenters. The van der Waals surface area contributed by atoms with E-state index >= 15 is 0 Å². The molecule has 0 spiro atoms. The minimum absolute atomic E-state index is 0.259. The highest BCUT2D eigenvalue weighted by atomic mass is 16.7. The van der Waals surface area contributed by atoms with Crippen molar-refractivity contribution in [2.75, 3.05) is 31.8 Å². The van der Waals surface area contributed by atoms with Gasteiger partial charge in [0.05, 0.1) is 24.1 Å². The number of rotatable bonds is 3. The third kappa shape index (κ3) is 2.08. The second-order valence-corrected chi connectivity index (χ2v) is 5.22. The molecule has 21 heavy (non-hydrogen) atoms. The standard InChI is InChI=1S/C15H16N4O2/c1-19(10-5-16-6-10)14-8-17-12(7-18-14)11-3-2-4-13-15(11)21-9-20-13/h2-4,7-8,10,16H,5-6,9H2,1H3. The summed E-state index contributed by atoms with van der Waals surface area (Å²) in [6, 6.07) is 6.30. The van der Waals surface area contributed by atoms with Crippen molar-refractivity contribution in [3.05, 3.63) is 30.6 Å². The summed E-state index contributed by atoms with van der Waals surface area (Å²) in [5, 5.41) is 3.26. The molecule has 2 aromatic rings. The second kappa shape index (κ2) is 4.89. The van der Waals surface area contributed by atoms with Gasteiger partial charge in [-0.3, -0.25) is 4.98 Å². The van der Waals surface area contributed by atoms with Crippen LogP contribution in [-0.4, -0.2) is 42.9 Å². The molecular weight excluding hydrogens is 268 g/mol. The van der Waals surface area contributed by atoms with Crippen LogP contribution >= 0.6 is 0 Å². The van der Waals surface area contributed by atoms with Crippen LogP contribution in [0.4, 0.5) is 5.82 Å². The Labute approximate surface area is 122 Å². The number of nitrogens with one attached hydrogen (secondary N) is 1. The Balaban J connectivity index is 1.63. The highest BCUT2D eigenvalue weighted by Crippen LogP contribution is 2.40. The average Bonchev–Trinajstić information content (AvgIpc) is 2.94. The number of aromatic nitrogens is 2. The van der Waals surface area contributed by atoms with E-state index in [4.69, 9.17) is 9.47 Å². The molecule has 2 aliphatic heterocycles. The van der Waals surface area contributed by atoms with Crippen LogP contribution in [0.15, 0.2) is 30.6 Å². The molecule has 1 fully saturated rings. The van der Waals surface area contributed by atoms with Gasteiger partial charge in [-0.25, -0.2) is 4.98 Å². The average molecular weight is 284 g/mol. The fourth-order valence-corrected chi connectivity index (χ4v) is 2.51. The number of hydrogen-bond donors (Lipinski definition) is 1. The third-order valence-electron chi connectivity index (χ3n) is 3.98. The number of hydrogen-bond acceptors (Lipinski definition) is 6. The number of fused-ring (bicyclic) bond motifs is 1. The lowest BCUT2D eigenvalue weighted by molar-refractivity contribution is 0.174. The molecule has 1 aromatic carbocycles. The largest absolute Gasteiger partial charge is 0.454 e. The summed E-state index contributed by atoms with van der Waals surface area (Å²) in [5.74, 6) is 2.39. The smallest absolute Gasteiger partial charge is 0.231 e. The fraction of sp³-hybridized carbons (Fsp3) is 0.333. The van der Waals surface area contributed by atoms with Gasteiger partial charge in [-0.2, -0.15) is 0 Å². The van der Waals surface area contributed by atoms with Gasteiger partial charge in [-0.15, -0.1) is 0 Å². The Morgan fingerprint density at radius 2 is 2.10 bits per heavy atom.